The molecule has 0 radical (unpaired) electrons. The molecule has 1 aliphatic carbocycles. The lowest BCUT2D eigenvalue weighted by Gasteiger charge is -2.23. The summed E-state index contributed by atoms with van der Waals surface area (Å²) in [5, 5.41) is 0.637. The van der Waals surface area contributed by atoms with Gasteiger partial charge in [0.05, 0.1) is 0 Å². The van der Waals surface area contributed by atoms with Gasteiger partial charge in [0.2, 0.25) is 0 Å². The average molecular weight is 285 g/mol. The Morgan fingerprint density at radius 3 is 2.58 bits per heavy atom. The van der Waals surface area contributed by atoms with E-state index in [-0.39, 0.29) is 0 Å². The third-order valence-corrected chi connectivity index (χ3v) is 5.26. The molecule has 106 valence electrons. The van der Waals surface area contributed by atoms with Crippen LogP contribution in [0, 0.1) is 18.6 Å². The van der Waals surface area contributed by atoms with Crippen LogP contribution in [-0.2, 0) is 0 Å². The minimum absolute atomic E-state index is 0.298. The minimum atomic E-state index is -0.781. The van der Waals surface area contributed by atoms with Gasteiger partial charge in [-0.25, -0.2) is 8.78 Å². The second-order valence-corrected chi connectivity index (χ2v) is 6.63. The summed E-state index contributed by atoms with van der Waals surface area (Å²) < 4.78 is 27.3. The summed E-state index contributed by atoms with van der Waals surface area (Å²) in [5.74, 6) is -0.892. The van der Waals surface area contributed by atoms with Gasteiger partial charge in [0.25, 0.3) is 0 Å². The molecular formula is C15H21F2NS. The van der Waals surface area contributed by atoms with Gasteiger partial charge in [-0.05, 0) is 25.3 Å². The number of thioether (sulfide) groups is 1. The van der Waals surface area contributed by atoms with Gasteiger partial charge in [0.1, 0.15) is 0 Å². The molecule has 1 aromatic carbocycles. The highest BCUT2D eigenvalue weighted by Gasteiger charge is 2.19. The number of benzene rings is 1. The molecule has 1 nitrogen and oxygen atoms in total. The lowest BCUT2D eigenvalue weighted by atomic mass is 10.0. The number of nitrogens with two attached hydrogens (primary N) is 1. The highest BCUT2D eigenvalue weighted by molar-refractivity contribution is 7.99. The van der Waals surface area contributed by atoms with Crippen molar-refractivity contribution in [2.45, 2.75) is 50.3 Å². The van der Waals surface area contributed by atoms with E-state index in [9.17, 15) is 8.78 Å². The largest absolute Gasteiger partial charge is 0.323 e. The first-order valence-electron chi connectivity index (χ1n) is 6.91. The van der Waals surface area contributed by atoms with E-state index in [4.69, 9.17) is 5.73 Å². The molecule has 1 aromatic rings. The molecule has 0 aliphatic heterocycles. The van der Waals surface area contributed by atoms with E-state index >= 15 is 0 Å². The van der Waals surface area contributed by atoms with Crippen LogP contribution >= 0.6 is 11.8 Å². The molecule has 4 heteroatoms. The maximum Gasteiger partial charge on any atom is 0.163 e. The first kappa shape index (κ1) is 14.8. The molecule has 2 rings (SSSR count). The maximum atomic E-state index is 13.8. The van der Waals surface area contributed by atoms with Crippen LogP contribution in [0.1, 0.15) is 49.3 Å². The predicted octanol–water partition coefficient (Wildman–Crippen LogP) is 4.34. The van der Waals surface area contributed by atoms with E-state index in [1.54, 1.807) is 30.8 Å². The first-order valence-corrected chi connectivity index (χ1v) is 7.96. The van der Waals surface area contributed by atoms with Crippen LogP contribution < -0.4 is 5.73 Å². The van der Waals surface area contributed by atoms with Crippen molar-refractivity contribution < 1.29 is 8.78 Å². The Bertz CT molecular complexity index is 430. The van der Waals surface area contributed by atoms with Gasteiger partial charge in [-0.2, -0.15) is 11.8 Å². The van der Waals surface area contributed by atoms with E-state index in [0.29, 0.717) is 22.1 Å². The Hall–Kier alpha value is -0.610. The Morgan fingerprint density at radius 1 is 1.21 bits per heavy atom. The van der Waals surface area contributed by atoms with Crippen LogP contribution in [0.15, 0.2) is 12.1 Å². The second kappa shape index (κ2) is 6.71. The zero-order chi connectivity index (χ0) is 13.8. The fraction of sp³-hybridized carbons (Fsp3) is 0.600. The average Bonchev–Trinajstić information content (AvgIpc) is 2.43. The molecule has 0 saturated heterocycles. The van der Waals surface area contributed by atoms with Crippen LogP contribution in [-0.4, -0.2) is 11.0 Å². The van der Waals surface area contributed by atoms with Crippen molar-refractivity contribution in [2.75, 3.05) is 5.75 Å². The lowest BCUT2D eigenvalue weighted by Crippen LogP contribution is -2.18. The summed E-state index contributed by atoms with van der Waals surface area (Å²) in [5.41, 5.74) is 6.63. The van der Waals surface area contributed by atoms with Crippen molar-refractivity contribution in [1.82, 2.24) is 0 Å². The minimum Gasteiger partial charge on any atom is -0.323 e. The predicted molar refractivity (Wildman–Crippen MR) is 77.4 cm³/mol. The molecular weight excluding hydrogens is 264 g/mol. The van der Waals surface area contributed by atoms with Crippen molar-refractivity contribution >= 4 is 11.8 Å². The summed E-state index contributed by atoms with van der Waals surface area (Å²) in [6.45, 7) is 1.56. The molecule has 0 spiro atoms. The van der Waals surface area contributed by atoms with Crippen LogP contribution in [0.2, 0.25) is 0 Å². The third kappa shape index (κ3) is 3.69. The lowest BCUT2D eigenvalue weighted by molar-refractivity contribution is 0.487. The summed E-state index contributed by atoms with van der Waals surface area (Å²) in [6.07, 6.45) is 6.33. The highest BCUT2D eigenvalue weighted by atomic mass is 32.2. The van der Waals surface area contributed by atoms with E-state index in [1.807, 2.05) is 0 Å². The van der Waals surface area contributed by atoms with Gasteiger partial charge in [0.15, 0.2) is 11.6 Å². The Morgan fingerprint density at radius 2 is 1.89 bits per heavy atom. The molecule has 1 saturated carbocycles. The highest BCUT2D eigenvalue weighted by Crippen LogP contribution is 2.31. The third-order valence-electron chi connectivity index (χ3n) is 3.77. The number of rotatable bonds is 4. The first-order chi connectivity index (χ1) is 9.09. The monoisotopic (exact) mass is 285 g/mol. The summed E-state index contributed by atoms with van der Waals surface area (Å²) in [6, 6.07) is 2.78. The van der Waals surface area contributed by atoms with E-state index in [1.165, 1.54) is 32.1 Å². The smallest absolute Gasteiger partial charge is 0.163 e. The zero-order valence-corrected chi connectivity index (χ0v) is 12.1. The molecule has 0 heterocycles. The topological polar surface area (TPSA) is 26.0 Å². The zero-order valence-electron chi connectivity index (χ0n) is 11.3. The molecule has 0 amide bonds. The molecule has 19 heavy (non-hydrogen) atoms. The molecule has 1 unspecified atom stereocenters. The van der Waals surface area contributed by atoms with E-state index < -0.39 is 17.7 Å². The van der Waals surface area contributed by atoms with Crippen LogP contribution in [0.25, 0.3) is 0 Å². The van der Waals surface area contributed by atoms with E-state index in [2.05, 4.69) is 0 Å². The Labute approximate surface area is 118 Å². The van der Waals surface area contributed by atoms with Crippen molar-refractivity contribution in [2.24, 2.45) is 5.73 Å². The Kier molecular flexibility index (Phi) is 5.22. The molecule has 1 atom stereocenters. The molecule has 0 bridgehead atoms. The maximum absolute atomic E-state index is 13.8. The van der Waals surface area contributed by atoms with Crippen LogP contribution in [0.4, 0.5) is 8.78 Å². The number of hydrogen-bond donors (Lipinski definition) is 1. The number of aryl methyl sites for hydroxylation is 1. The van der Waals surface area contributed by atoms with Crippen LogP contribution in [0.5, 0.6) is 0 Å². The Balaban J connectivity index is 1.95. The fourth-order valence-corrected chi connectivity index (χ4v) is 3.83. The van der Waals surface area contributed by atoms with Gasteiger partial charge >= 0.3 is 0 Å². The van der Waals surface area contributed by atoms with E-state index in [0.717, 1.165) is 0 Å². The summed E-state index contributed by atoms with van der Waals surface area (Å²) in [4.78, 5) is 0. The van der Waals surface area contributed by atoms with Gasteiger partial charge in [-0.15, -0.1) is 0 Å². The molecule has 1 fully saturated rings. The SMILES string of the molecule is Cc1ccc(C(N)CSC2CCCCC2)c(F)c1F. The molecule has 1 aliphatic rings. The van der Waals surface area contributed by atoms with Crippen molar-refractivity contribution in [1.29, 1.82) is 0 Å². The van der Waals surface area contributed by atoms with Crippen LogP contribution in [0.3, 0.4) is 0 Å². The second-order valence-electron chi connectivity index (χ2n) is 5.30. The van der Waals surface area contributed by atoms with Gasteiger partial charge in [-0.1, -0.05) is 31.4 Å². The summed E-state index contributed by atoms with van der Waals surface area (Å²) >= 11 is 1.80. The molecule has 2 N–H and O–H groups in total. The van der Waals surface area contributed by atoms with Crippen molar-refractivity contribution in [3.05, 3.63) is 34.9 Å². The van der Waals surface area contributed by atoms with Gasteiger partial charge in [0, 0.05) is 22.6 Å². The quantitative estimate of drug-likeness (QED) is 0.890. The number of hydrogen-bond acceptors (Lipinski definition) is 2. The normalized spacial score (nSPS) is 18.5. The number of halogens is 2. The van der Waals surface area contributed by atoms with Crippen molar-refractivity contribution in [3.63, 3.8) is 0 Å². The van der Waals surface area contributed by atoms with Crippen molar-refractivity contribution in [3.8, 4) is 0 Å². The molecule has 0 aromatic heterocycles. The van der Waals surface area contributed by atoms with Gasteiger partial charge < -0.3 is 5.73 Å². The summed E-state index contributed by atoms with van der Waals surface area (Å²) in [7, 11) is 0. The fourth-order valence-electron chi connectivity index (χ4n) is 2.51. The standard InChI is InChI=1S/C15H21F2NS/c1-10-7-8-12(15(17)14(10)16)13(18)9-19-11-5-3-2-4-6-11/h7-8,11,13H,2-6,9,18H2,1H3. The van der Waals surface area contributed by atoms with Gasteiger partial charge in [-0.3, -0.25) is 0 Å².